The van der Waals surface area contributed by atoms with Crippen molar-refractivity contribution in [3.63, 3.8) is 0 Å². The summed E-state index contributed by atoms with van der Waals surface area (Å²) in [6.07, 6.45) is 36.4. The van der Waals surface area contributed by atoms with Gasteiger partial charge >= 0.3 is 30.4 Å². The summed E-state index contributed by atoms with van der Waals surface area (Å²) >= 11 is 0. The lowest BCUT2D eigenvalue weighted by atomic mass is 9.81. The molecule has 4 amide bonds. The van der Waals surface area contributed by atoms with Gasteiger partial charge in [-0.25, -0.2) is 0 Å². The molecule has 0 radical (unpaired) electrons. The molecule has 1 aliphatic rings. The summed E-state index contributed by atoms with van der Waals surface area (Å²) < 4.78 is 110. The minimum absolute atomic E-state index is 0.00899. The molecule has 0 fully saturated rings. The van der Waals surface area contributed by atoms with E-state index >= 15 is 9.59 Å². The SMILES string of the molecule is CCCCCCCCCCCCCCCCCCOc1ccc(NCCN(CC(=O)NCP(=O)(OCC)OCC)CC(=O)NCP(=O)(OCC)OCC)c2c1C(=O)c1c(OCCCCCCCCCCCCCCCCCC)ccc(NCCN(CC(=O)NCP(=O)(OCC)OCC)CC(=O)NCP(=O)(OCC)OCC)c1C2=O. The first-order valence-corrected chi connectivity index (χ1v) is 50.2. The summed E-state index contributed by atoms with van der Waals surface area (Å²) in [6.45, 7) is 16.9. The summed E-state index contributed by atoms with van der Waals surface area (Å²) in [7, 11) is -15.0. The van der Waals surface area contributed by atoms with Crippen LogP contribution in [-0.4, -0.2) is 189 Å². The van der Waals surface area contributed by atoms with Crippen LogP contribution in [0.15, 0.2) is 24.3 Å². The molecule has 28 nitrogen and oxygen atoms in total. The number of hydrogen-bond acceptors (Lipinski definition) is 24. The number of fused-ring (bicyclic) bond motifs is 2. The van der Waals surface area contributed by atoms with Gasteiger partial charge in [-0.2, -0.15) is 0 Å². The number of carbonyl (C=O) groups is 6. The third-order valence-corrected chi connectivity index (χ3v) is 26.6. The molecule has 114 heavy (non-hydrogen) atoms. The minimum Gasteiger partial charge on any atom is -0.493 e. The first-order valence-electron chi connectivity index (χ1n) is 43.3. The number of nitrogens with one attached hydrogen (secondary N) is 6. The molecule has 32 heteroatoms. The lowest BCUT2D eigenvalue weighted by Crippen LogP contribution is -2.45. The second-order valence-electron chi connectivity index (χ2n) is 28.8. The first kappa shape index (κ1) is 104. The highest BCUT2D eigenvalue weighted by molar-refractivity contribution is 7.54. The van der Waals surface area contributed by atoms with Crippen LogP contribution in [0.1, 0.15) is 307 Å². The molecule has 0 bridgehead atoms. The highest BCUT2D eigenvalue weighted by Gasteiger charge is 2.40. The number of hydrogen-bond donors (Lipinski definition) is 6. The van der Waals surface area contributed by atoms with Gasteiger partial charge in [0.05, 0.1) is 115 Å². The zero-order chi connectivity index (χ0) is 83.6. The second-order valence-corrected chi connectivity index (χ2v) is 37.0. The standard InChI is InChI=1S/C82H148N8O20P4/c1-11-21-23-25-27-29-31-33-35-37-39-41-43-45-47-49-59-101-71-53-51-69(83-55-57-89(61-73(91)85-65-111(97,103-13-3)104-14-4)62-74(92)86-66-112(98,105-15-5)106-16-6)77-79(71)82(96)80-72(102-60-50-48-46-44-42-40-38-36-34-32-30-28-26-24-22-12-2)54-52-70(78(80)81(77)95)84-56-58-90(63-75(93)87-67-113(99,107-17-7)108-18-8)64-76(94)88-68-114(100,109-19-9)110-20-10/h51-54,83-84H,11-50,55-68H2,1-10H3,(H,85,91)(H,86,92)(H,87,93)(H,88,94). The molecule has 0 spiro atoms. The highest BCUT2D eigenvalue weighted by atomic mass is 31.2. The van der Waals surface area contributed by atoms with Crippen molar-refractivity contribution in [3.05, 3.63) is 46.5 Å². The van der Waals surface area contributed by atoms with Crippen molar-refractivity contribution in [3.8, 4) is 11.5 Å². The zero-order valence-corrected chi connectivity index (χ0v) is 74.9. The van der Waals surface area contributed by atoms with E-state index in [9.17, 15) is 37.4 Å². The number of carbonyl (C=O) groups excluding carboxylic acids is 6. The second kappa shape index (κ2) is 62.5. The predicted octanol–water partition coefficient (Wildman–Crippen LogP) is 18.5. The van der Waals surface area contributed by atoms with Gasteiger partial charge in [-0.05, 0) is 92.5 Å². The Morgan fingerprint density at radius 1 is 0.298 bits per heavy atom. The van der Waals surface area contributed by atoms with Crippen LogP contribution < -0.4 is 41.4 Å². The van der Waals surface area contributed by atoms with Crippen molar-refractivity contribution < 1.29 is 92.7 Å². The molecule has 2 aromatic carbocycles. The smallest absolute Gasteiger partial charge is 0.349 e. The molecule has 6 N–H and O–H groups in total. The topological polar surface area (TPSA) is 342 Å². The Balaban J connectivity index is 2.11. The van der Waals surface area contributed by atoms with E-state index in [0.29, 0.717) is 12.8 Å². The van der Waals surface area contributed by atoms with Crippen LogP contribution in [0.3, 0.4) is 0 Å². The van der Waals surface area contributed by atoms with Gasteiger partial charge in [0, 0.05) is 37.6 Å². The number of anilines is 2. The average Bonchev–Trinajstić information content (AvgIpc) is 0.728. The van der Waals surface area contributed by atoms with Crippen molar-refractivity contribution in [2.45, 2.75) is 275 Å². The Kier molecular flexibility index (Phi) is 56.8. The number of rotatable bonds is 76. The molecule has 656 valence electrons. The maximum absolute atomic E-state index is 16.1. The van der Waals surface area contributed by atoms with Gasteiger partial charge in [-0.15, -0.1) is 0 Å². The molecule has 0 aliphatic heterocycles. The molecule has 0 saturated carbocycles. The summed E-state index contributed by atoms with van der Waals surface area (Å²) in [6, 6.07) is 6.63. The highest BCUT2D eigenvalue weighted by Crippen LogP contribution is 2.50. The molecule has 0 heterocycles. The van der Waals surface area contributed by atoms with Gasteiger partial charge in [0.15, 0.2) is 5.78 Å². The Morgan fingerprint density at radius 2 is 0.509 bits per heavy atom. The van der Waals surface area contributed by atoms with Crippen molar-refractivity contribution in [1.29, 1.82) is 0 Å². The van der Waals surface area contributed by atoms with Crippen LogP contribution in [-0.2, 0) is 73.6 Å². The summed E-state index contributed by atoms with van der Waals surface area (Å²) in [5.41, 5.74) is 0.456. The Labute approximate surface area is 684 Å². The normalized spacial score (nSPS) is 12.5. The van der Waals surface area contributed by atoms with E-state index in [-0.39, 0.29) is 137 Å². The molecule has 0 unspecified atom stereocenters. The fourth-order valence-corrected chi connectivity index (χ4v) is 19.2. The molecule has 0 atom stereocenters. The number of nitrogens with zero attached hydrogens (tertiary/aromatic N) is 2. The zero-order valence-electron chi connectivity index (χ0n) is 71.3. The summed E-state index contributed by atoms with van der Waals surface area (Å²) in [4.78, 5) is 90.1. The maximum Gasteiger partial charge on any atom is 0.349 e. The van der Waals surface area contributed by atoms with Crippen LogP contribution in [0, 0.1) is 0 Å². The van der Waals surface area contributed by atoms with E-state index in [1.54, 1.807) is 79.7 Å². The van der Waals surface area contributed by atoms with Crippen LogP contribution in [0.2, 0.25) is 0 Å². The maximum atomic E-state index is 16.1. The number of amides is 4. The van der Waals surface area contributed by atoms with Gasteiger partial charge in [0.2, 0.25) is 29.4 Å². The van der Waals surface area contributed by atoms with Crippen LogP contribution in [0.25, 0.3) is 0 Å². The molecule has 1 aliphatic carbocycles. The molecular formula is C82H148N8O20P4. The summed E-state index contributed by atoms with van der Waals surface area (Å²) in [5.74, 6) is -3.24. The largest absolute Gasteiger partial charge is 0.493 e. The van der Waals surface area contributed by atoms with Crippen LogP contribution in [0.5, 0.6) is 11.5 Å². The van der Waals surface area contributed by atoms with Gasteiger partial charge < -0.3 is 77.6 Å². The average molecular weight is 1690 g/mol. The van der Waals surface area contributed by atoms with E-state index in [1.165, 1.54) is 151 Å². The molecular weight excluding hydrogens is 1540 g/mol. The van der Waals surface area contributed by atoms with Gasteiger partial charge in [0.25, 0.3) is 0 Å². The van der Waals surface area contributed by atoms with Crippen LogP contribution in [0.4, 0.5) is 11.4 Å². The van der Waals surface area contributed by atoms with E-state index in [0.717, 1.165) is 51.4 Å². The lowest BCUT2D eigenvalue weighted by molar-refractivity contribution is -0.126. The molecule has 0 saturated heterocycles. The molecule has 2 aromatic rings. The van der Waals surface area contributed by atoms with E-state index in [1.807, 2.05) is 0 Å². The summed E-state index contributed by atoms with van der Waals surface area (Å²) in [5, 5.41) is 17.2. The van der Waals surface area contributed by atoms with Gasteiger partial charge in [0.1, 0.15) is 36.6 Å². The lowest BCUT2D eigenvalue weighted by Gasteiger charge is -2.28. The first-order chi connectivity index (χ1) is 55.1. The predicted molar refractivity (Wildman–Crippen MR) is 455 cm³/mol. The van der Waals surface area contributed by atoms with E-state index < -0.39 is 117 Å². The Hall–Kier alpha value is -4.62. The number of ether oxygens (including phenoxy) is 2. The molecule has 0 aromatic heterocycles. The Morgan fingerprint density at radius 3 is 0.728 bits per heavy atom. The number of benzene rings is 2. The third-order valence-electron chi connectivity index (χ3n) is 19.2. The fourth-order valence-electron chi connectivity index (χ4n) is 13.5. The monoisotopic (exact) mass is 1690 g/mol. The van der Waals surface area contributed by atoms with Gasteiger partial charge in [-0.3, -0.25) is 56.8 Å². The van der Waals surface area contributed by atoms with Crippen molar-refractivity contribution in [2.75, 3.05) is 154 Å². The van der Waals surface area contributed by atoms with E-state index in [4.69, 9.17) is 45.7 Å². The number of ketones is 2. The van der Waals surface area contributed by atoms with Gasteiger partial charge in [-0.1, -0.05) is 206 Å². The quantitative estimate of drug-likeness (QED) is 0.0226. The van der Waals surface area contributed by atoms with E-state index in [2.05, 4.69) is 45.7 Å². The Bertz CT molecular complexity index is 2910. The third kappa shape index (κ3) is 43.4. The fraction of sp³-hybridized carbons (Fsp3) is 0.780. The van der Waals surface area contributed by atoms with Crippen LogP contribution >= 0.6 is 30.4 Å². The van der Waals surface area contributed by atoms with Crippen molar-refractivity contribution >= 4 is 77.0 Å². The van der Waals surface area contributed by atoms with Crippen molar-refractivity contribution in [1.82, 2.24) is 31.1 Å². The minimum atomic E-state index is -3.74. The van der Waals surface area contributed by atoms with Crippen molar-refractivity contribution in [2.24, 2.45) is 0 Å². The number of unbranched alkanes of at least 4 members (excludes halogenated alkanes) is 30. The molecule has 3 rings (SSSR count).